The van der Waals surface area contributed by atoms with Gasteiger partial charge in [0.25, 0.3) is 5.56 Å². The lowest BCUT2D eigenvalue weighted by molar-refractivity contribution is 0.199. The summed E-state index contributed by atoms with van der Waals surface area (Å²) in [6.07, 6.45) is -0.842. The third-order valence-electron chi connectivity index (χ3n) is 3.96. The van der Waals surface area contributed by atoms with Crippen LogP contribution in [-0.4, -0.2) is 26.0 Å². The zero-order chi connectivity index (χ0) is 22.7. The van der Waals surface area contributed by atoms with Gasteiger partial charge in [0.05, 0.1) is 16.6 Å². The highest BCUT2D eigenvalue weighted by molar-refractivity contribution is 6.37. The molecule has 3 aromatic rings. The monoisotopic (exact) mass is 469 g/mol. The van der Waals surface area contributed by atoms with Gasteiger partial charge in [-0.05, 0) is 5.92 Å². The second kappa shape index (κ2) is 9.23. The van der Waals surface area contributed by atoms with E-state index in [1.165, 1.54) is 25.2 Å². The Morgan fingerprint density at radius 1 is 1.26 bits per heavy atom. The van der Waals surface area contributed by atoms with Crippen LogP contribution in [0.15, 0.2) is 32.3 Å². The fourth-order valence-corrected chi connectivity index (χ4v) is 3.04. The van der Waals surface area contributed by atoms with Crippen LogP contribution in [0.3, 0.4) is 0 Å². The first-order chi connectivity index (χ1) is 14.6. The van der Waals surface area contributed by atoms with Gasteiger partial charge >= 0.3 is 11.8 Å². The van der Waals surface area contributed by atoms with Crippen LogP contribution in [0.4, 0.5) is 4.79 Å². The Hall–Kier alpha value is -3.31. The number of rotatable bonds is 6. The Morgan fingerprint density at radius 3 is 2.52 bits per heavy atom. The van der Waals surface area contributed by atoms with Crippen molar-refractivity contribution in [2.45, 2.75) is 26.3 Å². The maximum absolute atomic E-state index is 12.2. The van der Waals surface area contributed by atoms with Crippen molar-refractivity contribution in [1.29, 1.82) is 0 Å². The largest absolute Gasteiger partial charge is 0.438 e. The quantitative estimate of drug-likeness (QED) is 0.560. The molecule has 31 heavy (non-hydrogen) atoms. The maximum Gasteiger partial charge on any atom is 0.438 e. The molecular formula is C18H17Cl2N5O6. The van der Waals surface area contributed by atoms with Crippen molar-refractivity contribution in [1.82, 2.24) is 25.2 Å². The average Bonchev–Trinajstić information content (AvgIpc) is 3.10. The SMILES string of the molecule is CC(C)c1cc(Oc2c(Cl)cc(OC(=O)NCc3noc(=O)[nH]3)cc2Cl)nn(C)c1=O. The molecule has 0 saturated carbocycles. The summed E-state index contributed by atoms with van der Waals surface area (Å²) in [6, 6.07) is 4.17. The van der Waals surface area contributed by atoms with Gasteiger partial charge in [-0.1, -0.05) is 42.2 Å². The summed E-state index contributed by atoms with van der Waals surface area (Å²) >= 11 is 12.5. The zero-order valence-electron chi connectivity index (χ0n) is 16.6. The number of hydrogen-bond donors (Lipinski definition) is 2. The molecule has 0 atom stereocenters. The van der Waals surface area contributed by atoms with Gasteiger partial charge in [0, 0.05) is 30.8 Å². The molecule has 0 bridgehead atoms. The first-order valence-electron chi connectivity index (χ1n) is 8.89. The Balaban J connectivity index is 1.74. The lowest BCUT2D eigenvalue weighted by atomic mass is 10.1. The smallest absolute Gasteiger partial charge is 0.434 e. The number of benzene rings is 1. The topological polar surface area (TPSA) is 141 Å². The highest BCUT2D eigenvalue weighted by atomic mass is 35.5. The van der Waals surface area contributed by atoms with Gasteiger partial charge in [-0.25, -0.2) is 14.3 Å². The van der Waals surface area contributed by atoms with E-state index in [0.29, 0.717) is 5.56 Å². The van der Waals surface area contributed by atoms with E-state index in [2.05, 4.69) is 25.1 Å². The van der Waals surface area contributed by atoms with Gasteiger partial charge in [0.15, 0.2) is 11.6 Å². The number of nitrogens with one attached hydrogen (secondary N) is 2. The molecule has 13 heteroatoms. The molecule has 0 fully saturated rings. The van der Waals surface area contributed by atoms with Crippen molar-refractivity contribution in [3.8, 4) is 17.4 Å². The molecule has 3 rings (SSSR count). The first-order valence-corrected chi connectivity index (χ1v) is 9.65. The summed E-state index contributed by atoms with van der Waals surface area (Å²) in [5.41, 5.74) is 0.286. The number of ether oxygens (including phenoxy) is 2. The normalized spacial score (nSPS) is 10.9. The van der Waals surface area contributed by atoms with Crippen molar-refractivity contribution in [2.24, 2.45) is 7.05 Å². The number of H-pyrrole nitrogens is 1. The minimum Gasteiger partial charge on any atom is -0.434 e. The Bertz CT molecular complexity index is 1210. The maximum atomic E-state index is 12.2. The molecule has 164 valence electrons. The molecule has 0 aliphatic rings. The van der Waals surface area contributed by atoms with E-state index in [1.807, 2.05) is 13.8 Å². The number of halogens is 2. The third kappa shape index (κ3) is 5.44. The summed E-state index contributed by atoms with van der Waals surface area (Å²) < 4.78 is 16.3. The summed E-state index contributed by atoms with van der Waals surface area (Å²) in [5, 5.41) is 9.93. The third-order valence-corrected chi connectivity index (χ3v) is 4.53. The van der Waals surface area contributed by atoms with Crippen molar-refractivity contribution in [3.05, 3.63) is 60.5 Å². The van der Waals surface area contributed by atoms with E-state index in [-0.39, 0.29) is 51.3 Å². The van der Waals surface area contributed by atoms with E-state index in [4.69, 9.17) is 32.7 Å². The van der Waals surface area contributed by atoms with Crippen LogP contribution in [0.5, 0.6) is 17.4 Å². The average molecular weight is 470 g/mol. The summed E-state index contributed by atoms with van der Waals surface area (Å²) in [6.45, 7) is 3.62. The molecule has 1 aromatic carbocycles. The first kappa shape index (κ1) is 22.4. The Labute approximate surface area is 184 Å². The number of aromatic amines is 1. The number of carbonyl (C=O) groups is 1. The van der Waals surface area contributed by atoms with Crippen LogP contribution >= 0.6 is 23.2 Å². The van der Waals surface area contributed by atoms with E-state index in [1.54, 1.807) is 0 Å². The predicted molar refractivity (Wildman–Crippen MR) is 110 cm³/mol. The lowest BCUT2D eigenvalue weighted by Gasteiger charge is -2.13. The van der Waals surface area contributed by atoms with Crippen LogP contribution in [0.25, 0.3) is 0 Å². The molecule has 0 radical (unpaired) electrons. The van der Waals surface area contributed by atoms with Crippen LogP contribution < -0.4 is 26.1 Å². The molecule has 2 heterocycles. The summed E-state index contributed by atoms with van der Waals surface area (Å²) in [7, 11) is 1.51. The fraction of sp³-hybridized carbons (Fsp3) is 0.278. The van der Waals surface area contributed by atoms with Gasteiger partial charge < -0.3 is 14.8 Å². The highest BCUT2D eigenvalue weighted by Crippen LogP contribution is 2.39. The van der Waals surface area contributed by atoms with Gasteiger partial charge in [-0.3, -0.25) is 14.3 Å². The number of nitrogens with zero attached hydrogens (tertiary/aromatic N) is 3. The Kier molecular flexibility index (Phi) is 6.66. The van der Waals surface area contributed by atoms with Gasteiger partial charge in [-0.15, -0.1) is 5.10 Å². The highest BCUT2D eigenvalue weighted by Gasteiger charge is 2.17. The van der Waals surface area contributed by atoms with E-state index >= 15 is 0 Å². The van der Waals surface area contributed by atoms with Gasteiger partial charge in [0.1, 0.15) is 5.75 Å². The second-order valence-electron chi connectivity index (χ2n) is 6.62. The van der Waals surface area contributed by atoms with Crippen LogP contribution in [0.1, 0.15) is 31.2 Å². The van der Waals surface area contributed by atoms with Crippen LogP contribution in [-0.2, 0) is 13.6 Å². The number of carbonyl (C=O) groups excluding carboxylic acids is 1. The van der Waals surface area contributed by atoms with Crippen molar-refractivity contribution >= 4 is 29.3 Å². The molecule has 2 N–H and O–H groups in total. The van der Waals surface area contributed by atoms with Crippen LogP contribution in [0, 0.1) is 0 Å². The second-order valence-corrected chi connectivity index (χ2v) is 7.44. The molecule has 0 unspecified atom stereocenters. The number of hydrogen-bond acceptors (Lipinski definition) is 8. The van der Waals surface area contributed by atoms with Crippen molar-refractivity contribution in [3.63, 3.8) is 0 Å². The van der Waals surface area contributed by atoms with Crippen molar-refractivity contribution in [2.75, 3.05) is 0 Å². The summed E-state index contributed by atoms with van der Waals surface area (Å²) in [4.78, 5) is 37.2. The van der Waals surface area contributed by atoms with Gasteiger partial charge in [-0.2, -0.15) is 0 Å². The molecular weight excluding hydrogens is 453 g/mol. The van der Waals surface area contributed by atoms with E-state index < -0.39 is 11.8 Å². The minimum absolute atomic E-state index is 0.0423. The van der Waals surface area contributed by atoms with Crippen LogP contribution in [0.2, 0.25) is 10.0 Å². The van der Waals surface area contributed by atoms with Gasteiger partial charge in [0.2, 0.25) is 5.88 Å². The van der Waals surface area contributed by atoms with E-state index in [0.717, 1.165) is 4.68 Å². The fourth-order valence-electron chi connectivity index (χ4n) is 2.50. The lowest BCUT2D eigenvalue weighted by Crippen LogP contribution is -2.27. The molecule has 11 nitrogen and oxygen atoms in total. The minimum atomic E-state index is -0.842. The van der Waals surface area contributed by atoms with Crippen molar-refractivity contribution < 1.29 is 18.8 Å². The predicted octanol–water partition coefficient (Wildman–Crippen LogP) is 2.97. The molecule has 1 amide bonds. The Morgan fingerprint density at radius 2 is 1.94 bits per heavy atom. The molecule has 2 aromatic heterocycles. The molecule has 0 saturated heterocycles. The molecule has 0 aliphatic heterocycles. The summed E-state index contributed by atoms with van der Waals surface area (Å²) in [5.74, 6) is -0.413. The number of aryl methyl sites for hydroxylation is 1. The molecule has 0 aliphatic carbocycles. The standard InChI is InChI=1S/C18H17Cl2N5O6/c1-8(2)10-6-14(23-25(3)16(10)26)30-15-11(19)4-9(5-12(15)20)29-17(27)21-7-13-22-18(28)31-24-13/h4-6,8H,7H2,1-3H3,(H,21,27)(H,22,24,28). The van der Waals surface area contributed by atoms with E-state index in [9.17, 15) is 14.4 Å². The zero-order valence-corrected chi connectivity index (χ0v) is 18.1. The number of amides is 1. The molecule has 0 spiro atoms. The number of aromatic nitrogens is 4.